The molecule has 0 saturated heterocycles. The van der Waals surface area contributed by atoms with E-state index in [0.29, 0.717) is 5.75 Å². The van der Waals surface area contributed by atoms with Gasteiger partial charge in [-0.05, 0) is 19.1 Å². The van der Waals surface area contributed by atoms with Gasteiger partial charge in [0, 0.05) is 7.05 Å². The molecule has 0 spiro atoms. The Hall–Kier alpha value is -1.06. The first-order chi connectivity index (χ1) is 5.33. The number of aryl methyl sites for hydroxylation is 1. The number of hydrogen-bond acceptors (Lipinski definition) is 3. The molecule has 0 aromatic heterocycles. The van der Waals surface area contributed by atoms with Crippen LogP contribution in [0.15, 0.2) is 24.3 Å². The molecule has 0 aliphatic rings. The molecule has 0 heterocycles. The van der Waals surface area contributed by atoms with Crippen molar-refractivity contribution in [1.29, 1.82) is 0 Å². The zero-order valence-electron chi connectivity index (χ0n) is 6.63. The van der Waals surface area contributed by atoms with E-state index in [4.69, 9.17) is 4.89 Å². The quantitative estimate of drug-likeness (QED) is 0.526. The lowest BCUT2D eigenvalue weighted by atomic mass is 10.2. The molecule has 0 unspecified atom stereocenters. The fourth-order valence-corrected chi connectivity index (χ4v) is 0.684. The van der Waals surface area contributed by atoms with Crippen LogP contribution in [0.5, 0.6) is 5.75 Å². The third-order valence-electron chi connectivity index (χ3n) is 1.24. The molecule has 1 N–H and O–H groups in total. The predicted octanol–water partition coefficient (Wildman–Crippen LogP) is 1.44. The van der Waals surface area contributed by atoms with Crippen molar-refractivity contribution in [1.82, 2.24) is 5.48 Å². The van der Waals surface area contributed by atoms with Crippen molar-refractivity contribution in [2.75, 3.05) is 7.05 Å². The highest BCUT2D eigenvalue weighted by atomic mass is 17.3. The van der Waals surface area contributed by atoms with Gasteiger partial charge in [-0.15, -0.1) is 0 Å². The standard InChI is InChI=1S/C8H11NO2/c1-7-3-5-8(6-4-7)10-11-9-2/h3-6,9H,1-2H3. The van der Waals surface area contributed by atoms with Gasteiger partial charge in [-0.1, -0.05) is 22.7 Å². The van der Waals surface area contributed by atoms with Crippen LogP contribution in [0.3, 0.4) is 0 Å². The Kier molecular flexibility index (Phi) is 2.89. The fraction of sp³-hybridized carbons (Fsp3) is 0.250. The molecule has 0 atom stereocenters. The summed E-state index contributed by atoms with van der Waals surface area (Å²) in [5, 5.41) is 0. The van der Waals surface area contributed by atoms with Gasteiger partial charge in [-0.25, -0.2) is 0 Å². The van der Waals surface area contributed by atoms with Crippen molar-refractivity contribution in [2.24, 2.45) is 0 Å². The molecule has 0 aliphatic heterocycles. The van der Waals surface area contributed by atoms with E-state index in [0.717, 1.165) is 0 Å². The smallest absolute Gasteiger partial charge is 0.167 e. The van der Waals surface area contributed by atoms with E-state index in [1.165, 1.54) is 5.56 Å². The number of hydrogen-bond donors (Lipinski definition) is 1. The van der Waals surface area contributed by atoms with E-state index in [2.05, 4.69) is 10.5 Å². The van der Waals surface area contributed by atoms with Gasteiger partial charge in [-0.3, -0.25) is 0 Å². The summed E-state index contributed by atoms with van der Waals surface area (Å²) in [7, 11) is 1.63. The van der Waals surface area contributed by atoms with Crippen LogP contribution in [0.2, 0.25) is 0 Å². The van der Waals surface area contributed by atoms with Crippen molar-refractivity contribution < 1.29 is 9.88 Å². The molecule has 1 aromatic rings. The van der Waals surface area contributed by atoms with E-state index in [1.807, 2.05) is 31.2 Å². The van der Waals surface area contributed by atoms with Crippen LogP contribution in [0, 0.1) is 6.92 Å². The van der Waals surface area contributed by atoms with Crippen LogP contribution in [-0.4, -0.2) is 7.05 Å². The molecule has 11 heavy (non-hydrogen) atoms. The van der Waals surface area contributed by atoms with Crippen LogP contribution in [0.25, 0.3) is 0 Å². The summed E-state index contributed by atoms with van der Waals surface area (Å²) in [6.45, 7) is 2.02. The maximum Gasteiger partial charge on any atom is 0.167 e. The van der Waals surface area contributed by atoms with Crippen molar-refractivity contribution in [3.63, 3.8) is 0 Å². The van der Waals surface area contributed by atoms with E-state index in [-0.39, 0.29) is 0 Å². The summed E-state index contributed by atoms with van der Waals surface area (Å²) in [4.78, 5) is 9.31. The topological polar surface area (TPSA) is 30.5 Å². The lowest BCUT2D eigenvalue weighted by Gasteiger charge is -2.01. The maximum atomic E-state index is 4.80. The van der Waals surface area contributed by atoms with Gasteiger partial charge in [0.1, 0.15) is 0 Å². The highest BCUT2D eigenvalue weighted by Gasteiger charge is 1.91. The van der Waals surface area contributed by atoms with E-state index >= 15 is 0 Å². The molecule has 3 heteroatoms. The highest BCUT2D eigenvalue weighted by molar-refractivity contribution is 5.25. The summed E-state index contributed by atoms with van der Waals surface area (Å²) in [5.41, 5.74) is 3.60. The molecule has 0 bridgehead atoms. The third-order valence-corrected chi connectivity index (χ3v) is 1.24. The first-order valence-electron chi connectivity index (χ1n) is 3.40. The van der Waals surface area contributed by atoms with Gasteiger partial charge in [-0.2, -0.15) is 5.48 Å². The summed E-state index contributed by atoms with van der Waals surface area (Å²) >= 11 is 0. The molecule has 1 rings (SSSR count). The average molecular weight is 153 g/mol. The Bertz CT molecular complexity index is 208. The van der Waals surface area contributed by atoms with Gasteiger partial charge in [0.25, 0.3) is 0 Å². The maximum absolute atomic E-state index is 4.80. The molecule has 0 amide bonds. The number of nitrogens with one attached hydrogen (secondary N) is 1. The molecule has 0 fully saturated rings. The Morgan fingerprint density at radius 3 is 2.36 bits per heavy atom. The van der Waals surface area contributed by atoms with E-state index in [1.54, 1.807) is 7.05 Å². The molecular weight excluding hydrogens is 142 g/mol. The Balaban J connectivity index is 2.52. The summed E-state index contributed by atoms with van der Waals surface area (Å²) in [5.74, 6) is 0.685. The predicted molar refractivity (Wildman–Crippen MR) is 42.0 cm³/mol. The molecule has 1 aromatic carbocycles. The largest absolute Gasteiger partial charge is 0.319 e. The normalized spacial score (nSPS) is 9.64. The van der Waals surface area contributed by atoms with Crippen molar-refractivity contribution in [2.45, 2.75) is 6.92 Å². The second-order valence-corrected chi connectivity index (χ2v) is 2.18. The fourth-order valence-electron chi connectivity index (χ4n) is 0.684. The number of benzene rings is 1. The van der Waals surface area contributed by atoms with Gasteiger partial charge in [0.15, 0.2) is 5.75 Å². The van der Waals surface area contributed by atoms with Gasteiger partial charge < -0.3 is 4.89 Å². The molecular formula is C8H11NO2. The number of hydroxylamine groups is 1. The molecule has 0 radical (unpaired) electrons. The minimum absolute atomic E-state index is 0.685. The minimum atomic E-state index is 0.685. The Morgan fingerprint density at radius 2 is 1.82 bits per heavy atom. The van der Waals surface area contributed by atoms with Gasteiger partial charge in [0.2, 0.25) is 0 Å². The zero-order valence-corrected chi connectivity index (χ0v) is 6.63. The zero-order chi connectivity index (χ0) is 8.10. The monoisotopic (exact) mass is 153 g/mol. The second-order valence-electron chi connectivity index (χ2n) is 2.18. The van der Waals surface area contributed by atoms with Crippen molar-refractivity contribution in [3.8, 4) is 5.75 Å². The van der Waals surface area contributed by atoms with Crippen molar-refractivity contribution in [3.05, 3.63) is 29.8 Å². The van der Waals surface area contributed by atoms with Crippen LogP contribution < -0.4 is 10.4 Å². The first kappa shape index (κ1) is 8.04. The SMILES string of the molecule is CNOOc1ccc(C)cc1. The van der Waals surface area contributed by atoms with E-state index in [9.17, 15) is 0 Å². The van der Waals surface area contributed by atoms with Gasteiger partial charge in [0.05, 0.1) is 0 Å². The first-order valence-corrected chi connectivity index (χ1v) is 3.40. The summed E-state index contributed by atoms with van der Waals surface area (Å²) < 4.78 is 0. The molecule has 3 nitrogen and oxygen atoms in total. The Labute approximate surface area is 65.8 Å². The highest BCUT2D eigenvalue weighted by Crippen LogP contribution is 2.10. The Morgan fingerprint density at radius 1 is 1.18 bits per heavy atom. The van der Waals surface area contributed by atoms with Crippen LogP contribution >= 0.6 is 0 Å². The molecule has 60 valence electrons. The van der Waals surface area contributed by atoms with Crippen LogP contribution in [0.1, 0.15) is 5.56 Å². The minimum Gasteiger partial charge on any atom is -0.319 e. The van der Waals surface area contributed by atoms with Crippen molar-refractivity contribution >= 4 is 0 Å². The molecule has 0 saturated carbocycles. The van der Waals surface area contributed by atoms with E-state index < -0.39 is 0 Å². The second kappa shape index (κ2) is 3.95. The summed E-state index contributed by atoms with van der Waals surface area (Å²) in [6, 6.07) is 7.59. The number of rotatable bonds is 3. The average Bonchev–Trinajstić information content (AvgIpc) is 2.04. The van der Waals surface area contributed by atoms with Crippen LogP contribution in [-0.2, 0) is 4.99 Å². The lowest BCUT2D eigenvalue weighted by Crippen LogP contribution is -2.10. The molecule has 0 aliphatic carbocycles. The van der Waals surface area contributed by atoms with Gasteiger partial charge >= 0.3 is 0 Å². The van der Waals surface area contributed by atoms with Crippen LogP contribution in [0.4, 0.5) is 0 Å². The third kappa shape index (κ3) is 2.57. The summed E-state index contributed by atoms with van der Waals surface area (Å²) in [6.07, 6.45) is 0. The lowest BCUT2D eigenvalue weighted by molar-refractivity contribution is -0.251.